The molecule has 4 nitrogen and oxygen atoms in total. The molecule has 0 saturated carbocycles. The van der Waals surface area contributed by atoms with Gasteiger partial charge in [-0.25, -0.2) is 4.98 Å². The third kappa shape index (κ3) is 3.68. The van der Waals surface area contributed by atoms with E-state index in [1.54, 1.807) is 13.3 Å². The molecule has 0 radical (unpaired) electrons. The van der Waals surface area contributed by atoms with Gasteiger partial charge in [-0.3, -0.25) is 0 Å². The van der Waals surface area contributed by atoms with Crippen LogP contribution in [0.25, 0.3) is 11.3 Å². The fourth-order valence-electron chi connectivity index (χ4n) is 1.66. The van der Waals surface area contributed by atoms with Crippen molar-refractivity contribution >= 4 is 0 Å². The first kappa shape index (κ1) is 12.8. The Morgan fingerprint density at radius 3 is 2.83 bits per heavy atom. The van der Waals surface area contributed by atoms with E-state index < -0.39 is 0 Å². The van der Waals surface area contributed by atoms with Gasteiger partial charge < -0.3 is 14.5 Å². The van der Waals surface area contributed by atoms with E-state index >= 15 is 0 Å². The summed E-state index contributed by atoms with van der Waals surface area (Å²) in [6.07, 6.45) is 2.57. The zero-order chi connectivity index (χ0) is 12.6. The number of benzene rings is 1. The Balaban J connectivity index is 1.83. The van der Waals surface area contributed by atoms with Crippen LogP contribution in [0.2, 0.25) is 0 Å². The number of nitrogens with zero attached hydrogens (tertiary/aromatic N) is 1. The van der Waals surface area contributed by atoms with Gasteiger partial charge in [-0.1, -0.05) is 30.3 Å². The van der Waals surface area contributed by atoms with Gasteiger partial charge >= 0.3 is 0 Å². The molecule has 0 atom stereocenters. The van der Waals surface area contributed by atoms with Gasteiger partial charge in [0.25, 0.3) is 0 Å². The maximum Gasteiger partial charge on any atom is 0.196 e. The quantitative estimate of drug-likeness (QED) is 0.760. The van der Waals surface area contributed by atoms with E-state index in [4.69, 9.17) is 9.15 Å². The number of aromatic nitrogens is 1. The minimum atomic E-state index is 0.723. The third-order valence-corrected chi connectivity index (χ3v) is 2.61. The molecule has 1 N–H and O–H groups in total. The minimum absolute atomic E-state index is 0.723. The van der Waals surface area contributed by atoms with E-state index in [-0.39, 0.29) is 0 Å². The molecular formula is C14H18N2O2. The van der Waals surface area contributed by atoms with Crippen LogP contribution in [-0.4, -0.2) is 31.8 Å². The van der Waals surface area contributed by atoms with Crippen LogP contribution in [-0.2, 0) is 11.2 Å². The highest BCUT2D eigenvalue weighted by atomic mass is 16.5. The number of oxazole rings is 1. The summed E-state index contributed by atoms with van der Waals surface area (Å²) in [5, 5.41) is 3.26. The Morgan fingerprint density at radius 1 is 1.22 bits per heavy atom. The van der Waals surface area contributed by atoms with E-state index in [1.165, 1.54) is 0 Å². The average molecular weight is 246 g/mol. The lowest BCUT2D eigenvalue weighted by atomic mass is 10.2. The lowest BCUT2D eigenvalue weighted by Gasteiger charge is -2.01. The molecule has 0 saturated heterocycles. The lowest BCUT2D eigenvalue weighted by molar-refractivity contribution is 0.199. The van der Waals surface area contributed by atoms with Crippen molar-refractivity contribution in [3.05, 3.63) is 42.4 Å². The SMILES string of the molecule is COCCNCCc1ncc(-c2ccccc2)o1. The molecule has 0 bridgehead atoms. The summed E-state index contributed by atoms with van der Waals surface area (Å²) in [7, 11) is 1.70. The molecule has 0 spiro atoms. The molecule has 0 aliphatic heterocycles. The van der Waals surface area contributed by atoms with Crippen molar-refractivity contribution in [2.45, 2.75) is 6.42 Å². The smallest absolute Gasteiger partial charge is 0.196 e. The maximum atomic E-state index is 5.69. The molecule has 0 aliphatic carbocycles. The van der Waals surface area contributed by atoms with Crippen LogP contribution in [0.5, 0.6) is 0 Å². The molecule has 2 aromatic rings. The number of ether oxygens (including phenoxy) is 1. The predicted molar refractivity (Wildman–Crippen MR) is 70.4 cm³/mol. The van der Waals surface area contributed by atoms with Crippen molar-refractivity contribution in [1.82, 2.24) is 10.3 Å². The highest BCUT2D eigenvalue weighted by Gasteiger charge is 2.05. The van der Waals surface area contributed by atoms with Gasteiger partial charge in [0, 0.05) is 32.2 Å². The van der Waals surface area contributed by atoms with Crippen molar-refractivity contribution in [3.63, 3.8) is 0 Å². The Bertz CT molecular complexity index is 454. The van der Waals surface area contributed by atoms with Gasteiger partial charge in [0.1, 0.15) is 0 Å². The second-order valence-electron chi connectivity index (χ2n) is 3.98. The Morgan fingerprint density at radius 2 is 2.06 bits per heavy atom. The van der Waals surface area contributed by atoms with Gasteiger partial charge in [-0.2, -0.15) is 0 Å². The first-order valence-corrected chi connectivity index (χ1v) is 6.10. The van der Waals surface area contributed by atoms with Crippen LogP contribution >= 0.6 is 0 Å². The molecule has 96 valence electrons. The highest BCUT2D eigenvalue weighted by molar-refractivity contribution is 5.55. The summed E-state index contributed by atoms with van der Waals surface area (Å²) in [6, 6.07) is 10.00. The van der Waals surface area contributed by atoms with Gasteiger partial charge in [0.05, 0.1) is 12.8 Å². The normalized spacial score (nSPS) is 10.7. The van der Waals surface area contributed by atoms with E-state index in [1.807, 2.05) is 30.3 Å². The monoisotopic (exact) mass is 246 g/mol. The van der Waals surface area contributed by atoms with Crippen LogP contribution in [0.1, 0.15) is 5.89 Å². The summed E-state index contributed by atoms with van der Waals surface area (Å²) in [5.41, 5.74) is 1.06. The fourth-order valence-corrected chi connectivity index (χ4v) is 1.66. The number of rotatable bonds is 7. The van der Waals surface area contributed by atoms with Crippen LogP contribution in [0, 0.1) is 0 Å². The minimum Gasteiger partial charge on any atom is -0.441 e. The number of hydrogen-bond donors (Lipinski definition) is 1. The summed E-state index contributed by atoms with van der Waals surface area (Å²) in [4.78, 5) is 4.27. The second-order valence-corrected chi connectivity index (χ2v) is 3.98. The number of methoxy groups -OCH3 is 1. The van der Waals surface area contributed by atoms with Crippen LogP contribution in [0.3, 0.4) is 0 Å². The molecule has 1 aromatic carbocycles. The van der Waals surface area contributed by atoms with Crippen molar-refractivity contribution in [2.24, 2.45) is 0 Å². The lowest BCUT2D eigenvalue weighted by Crippen LogP contribution is -2.21. The van der Waals surface area contributed by atoms with E-state index in [2.05, 4.69) is 10.3 Å². The third-order valence-electron chi connectivity index (χ3n) is 2.61. The molecule has 0 aliphatic rings. The Kier molecular flexibility index (Phi) is 4.93. The van der Waals surface area contributed by atoms with Crippen molar-refractivity contribution in [2.75, 3.05) is 26.8 Å². The Hall–Kier alpha value is -1.65. The zero-order valence-electron chi connectivity index (χ0n) is 10.6. The first-order chi connectivity index (χ1) is 8.90. The molecule has 2 rings (SSSR count). The summed E-state index contributed by atoms with van der Waals surface area (Å²) >= 11 is 0. The fraction of sp³-hybridized carbons (Fsp3) is 0.357. The first-order valence-electron chi connectivity index (χ1n) is 6.10. The predicted octanol–water partition coefficient (Wildman–Crippen LogP) is 2.12. The zero-order valence-corrected chi connectivity index (χ0v) is 10.6. The van der Waals surface area contributed by atoms with E-state index in [0.29, 0.717) is 0 Å². The number of hydrogen-bond acceptors (Lipinski definition) is 4. The van der Waals surface area contributed by atoms with Crippen molar-refractivity contribution < 1.29 is 9.15 Å². The van der Waals surface area contributed by atoms with Crippen molar-refractivity contribution in [3.8, 4) is 11.3 Å². The summed E-state index contributed by atoms with van der Waals surface area (Å²) < 4.78 is 10.6. The molecule has 1 aromatic heterocycles. The van der Waals surface area contributed by atoms with E-state index in [0.717, 1.165) is 43.3 Å². The summed E-state index contributed by atoms with van der Waals surface area (Å²) in [6.45, 7) is 2.42. The van der Waals surface area contributed by atoms with Gasteiger partial charge in [-0.05, 0) is 0 Å². The molecule has 4 heteroatoms. The summed E-state index contributed by atoms with van der Waals surface area (Å²) in [5.74, 6) is 1.58. The van der Waals surface area contributed by atoms with Crippen LogP contribution in [0.4, 0.5) is 0 Å². The maximum absolute atomic E-state index is 5.69. The molecular weight excluding hydrogens is 228 g/mol. The van der Waals surface area contributed by atoms with E-state index in [9.17, 15) is 0 Å². The molecule has 0 amide bonds. The molecule has 1 heterocycles. The van der Waals surface area contributed by atoms with Crippen LogP contribution in [0.15, 0.2) is 40.9 Å². The molecule has 0 fully saturated rings. The van der Waals surface area contributed by atoms with Gasteiger partial charge in [0.15, 0.2) is 11.7 Å². The van der Waals surface area contributed by atoms with Gasteiger partial charge in [-0.15, -0.1) is 0 Å². The van der Waals surface area contributed by atoms with Crippen LogP contribution < -0.4 is 5.32 Å². The second kappa shape index (κ2) is 6.93. The Labute approximate surface area is 107 Å². The largest absolute Gasteiger partial charge is 0.441 e. The van der Waals surface area contributed by atoms with Gasteiger partial charge in [0.2, 0.25) is 0 Å². The average Bonchev–Trinajstić information content (AvgIpc) is 2.88. The molecule has 18 heavy (non-hydrogen) atoms. The topological polar surface area (TPSA) is 47.3 Å². The van der Waals surface area contributed by atoms with Crippen molar-refractivity contribution in [1.29, 1.82) is 0 Å². The molecule has 0 unspecified atom stereocenters. The number of nitrogens with one attached hydrogen (secondary N) is 1. The standard InChI is InChI=1S/C14H18N2O2/c1-17-10-9-15-8-7-14-16-11-13(18-14)12-5-3-2-4-6-12/h2-6,11,15H,7-10H2,1H3. The highest BCUT2D eigenvalue weighted by Crippen LogP contribution is 2.19.